The van der Waals surface area contributed by atoms with Crippen molar-refractivity contribution in [3.63, 3.8) is 0 Å². The number of rotatable bonds is 8. The van der Waals surface area contributed by atoms with E-state index in [4.69, 9.17) is 4.74 Å². The number of nitrogens with one attached hydrogen (secondary N) is 1. The first-order valence-electron chi connectivity index (χ1n) is 8.96. The number of benzene rings is 1. The molecule has 0 unspecified atom stereocenters. The van der Waals surface area contributed by atoms with Crippen LogP contribution in [0.4, 0.5) is 0 Å². The van der Waals surface area contributed by atoms with Crippen LogP contribution in [0.1, 0.15) is 23.9 Å². The molecule has 0 bridgehead atoms. The standard InChI is InChI=1S/C20H25N5O3S/c1-13-10-14(2)22-20(21-13)29-12-18(26)24-23-15(3)16-6-8-17(9-7-16)28-11-19(27)25(4)5/h6-10H,11-12H2,1-5H3,(H,24,26)/b23-15+. The molecule has 0 saturated carbocycles. The van der Waals surface area contributed by atoms with E-state index in [1.165, 1.54) is 16.7 Å². The van der Waals surface area contributed by atoms with Gasteiger partial charge in [0, 0.05) is 25.5 Å². The number of likely N-dealkylation sites (N-methyl/N-ethyl adjacent to an activating group) is 1. The predicted octanol–water partition coefficient (Wildman–Crippen LogP) is 2.19. The number of thioether (sulfide) groups is 1. The largest absolute Gasteiger partial charge is 0.484 e. The van der Waals surface area contributed by atoms with Crippen LogP contribution < -0.4 is 10.2 Å². The number of nitrogens with zero attached hydrogens (tertiary/aromatic N) is 4. The molecule has 29 heavy (non-hydrogen) atoms. The third kappa shape index (κ3) is 7.53. The fourth-order valence-electron chi connectivity index (χ4n) is 2.20. The van der Waals surface area contributed by atoms with Gasteiger partial charge in [-0.25, -0.2) is 15.4 Å². The van der Waals surface area contributed by atoms with Crippen LogP contribution in [0.5, 0.6) is 5.75 Å². The number of aryl methyl sites for hydroxylation is 2. The number of carbonyl (C=O) groups excluding carboxylic acids is 2. The van der Waals surface area contributed by atoms with Crippen LogP contribution in [0.3, 0.4) is 0 Å². The molecule has 0 aliphatic carbocycles. The zero-order chi connectivity index (χ0) is 21.4. The highest BCUT2D eigenvalue weighted by Crippen LogP contribution is 2.14. The van der Waals surface area contributed by atoms with E-state index in [1.807, 2.05) is 32.0 Å². The van der Waals surface area contributed by atoms with Crippen LogP contribution in [0.15, 0.2) is 40.6 Å². The molecule has 0 atom stereocenters. The summed E-state index contributed by atoms with van der Waals surface area (Å²) in [5, 5.41) is 4.70. The Labute approximate surface area is 174 Å². The van der Waals surface area contributed by atoms with Crippen LogP contribution in [-0.4, -0.2) is 58.8 Å². The van der Waals surface area contributed by atoms with E-state index in [0.29, 0.717) is 16.6 Å². The van der Waals surface area contributed by atoms with Crippen molar-refractivity contribution in [3.8, 4) is 5.75 Å². The molecule has 0 fully saturated rings. The molecule has 0 spiro atoms. The molecule has 8 nitrogen and oxygen atoms in total. The van der Waals surface area contributed by atoms with Crippen molar-refractivity contribution in [1.82, 2.24) is 20.3 Å². The van der Waals surface area contributed by atoms with Gasteiger partial charge >= 0.3 is 0 Å². The van der Waals surface area contributed by atoms with Gasteiger partial charge < -0.3 is 9.64 Å². The van der Waals surface area contributed by atoms with Crippen molar-refractivity contribution in [2.75, 3.05) is 26.5 Å². The van der Waals surface area contributed by atoms with Crippen molar-refractivity contribution in [1.29, 1.82) is 0 Å². The van der Waals surface area contributed by atoms with E-state index in [0.717, 1.165) is 17.0 Å². The molecule has 1 aromatic heterocycles. The lowest BCUT2D eigenvalue weighted by atomic mass is 10.1. The zero-order valence-corrected chi connectivity index (χ0v) is 18.0. The smallest absolute Gasteiger partial charge is 0.259 e. The van der Waals surface area contributed by atoms with E-state index in [2.05, 4.69) is 20.5 Å². The molecule has 0 radical (unpaired) electrons. The van der Waals surface area contributed by atoms with Gasteiger partial charge in [0.05, 0.1) is 11.5 Å². The Kier molecular flexibility index (Phi) is 8.14. The van der Waals surface area contributed by atoms with Crippen LogP contribution in [0.25, 0.3) is 0 Å². The van der Waals surface area contributed by atoms with Crippen molar-refractivity contribution in [3.05, 3.63) is 47.3 Å². The molecule has 1 aromatic carbocycles. The second-order valence-electron chi connectivity index (χ2n) is 6.56. The molecule has 2 rings (SSSR count). The molecule has 0 saturated heterocycles. The lowest BCUT2D eigenvalue weighted by Crippen LogP contribution is -2.27. The van der Waals surface area contributed by atoms with Crippen LogP contribution >= 0.6 is 11.8 Å². The van der Waals surface area contributed by atoms with Gasteiger partial charge in [-0.15, -0.1) is 0 Å². The zero-order valence-electron chi connectivity index (χ0n) is 17.2. The number of ether oxygens (including phenoxy) is 1. The van der Waals surface area contributed by atoms with Gasteiger partial charge in [0.1, 0.15) is 5.75 Å². The minimum absolute atomic E-state index is 0.0165. The first kappa shape index (κ1) is 22.4. The Hall–Kier alpha value is -2.94. The molecule has 0 aliphatic heterocycles. The molecule has 2 amide bonds. The average Bonchev–Trinajstić information content (AvgIpc) is 2.68. The number of carbonyl (C=O) groups is 2. The predicted molar refractivity (Wildman–Crippen MR) is 113 cm³/mol. The Bertz CT molecular complexity index is 877. The van der Waals surface area contributed by atoms with Crippen LogP contribution in [0.2, 0.25) is 0 Å². The van der Waals surface area contributed by atoms with Crippen LogP contribution in [-0.2, 0) is 9.59 Å². The van der Waals surface area contributed by atoms with Gasteiger partial charge in [-0.3, -0.25) is 9.59 Å². The van der Waals surface area contributed by atoms with Gasteiger partial charge in [0.25, 0.3) is 11.8 Å². The number of amides is 2. The summed E-state index contributed by atoms with van der Waals surface area (Å²) in [5.41, 5.74) is 5.77. The molecular formula is C20H25N5O3S. The lowest BCUT2D eigenvalue weighted by molar-refractivity contribution is -0.130. The van der Waals surface area contributed by atoms with Crippen molar-refractivity contribution < 1.29 is 14.3 Å². The van der Waals surface area contributed by atoms with E-state index < -0.39 is 0 Å². The van der Waals surface area contributed by atoms with Gasteiger partial charge in [0.15, 0.2) is 11.8 Å². The number of hydrogen-bond acceptors (Lipinski definition) is 7. The molecule has 0 aliphatic rings. The Morgan fingerprint density at radius 1 is 1.14 bits per heavy atom. The highest BCUT2D eigenvalue weighted by atomic mass is 32.2. The summed E-state index contributed by atoms with van der Waals surface area (Å²) in [6.45, 7) is 5.56. The second kappa shape index (κ2) is 10.6. The van der Waals surface area contributed by atoms with Gasteiger partial charge in [-0.2, -0.15) is 5.10 Å². The third-order valence-electron chi connectivity index (χ3n) is 3.78. The Morgan fingerprint density at radius 2 is 1.76 bits per heavy atom. The highest BCUT2D eigenvalue weighted by Gasteiger charge is 2.07. The van der Waals surface area contributed by atoms with E-state index in [-0.39, 0.29) is 24.2 Å². The van der Waals surface area contributed by atoms with Gasteiger partial charge in [-0.05, 0) is 56.7 Å². The molecule has 9 heteroatoms. The fraction of sp³-hybridized carbons (Fsp3) is 0.350. The summed E-state index contributed by atoms with van der Waals surface area (Å²) in [6, 6.07) is 9.03. The van der Waals surface area contributed by atoms with Gasteiger partial charge in [0.2, 0.25) is 0 Å². The molecule has 1 heterocycles. The maximum Gasteiger partial charge on any atom is 0.259 e. The Balaban J connectivity index is 1.85. The van der Waals surface area contributed by atoms with Crippen molar-refractivity contribution in [2.24, 2.45) is 5.10 Å². The van der Waals surface area contributed by atoms with Crippen molar-refractivity contribution in [2.45, 2.75) is 25.9 Å². The second-order valence-corrected chi connectivity index (χ2v) is 7.50. The maximum atomic E-state index is 12.0. The maximum absolute atomic E-state index is 12.0. The number of hydrazone groups is 1. The SMILES string of the molecule is C/C(=N\NC(=O)CSc1nc(C)cc(C)n1)c1ccc(OCC(=O)N(C)C)cc1. The molecule has 1 N–H and O–H groups in total. The normalized spacial score (nSPS) is 11.1. The van der Waals surface area contributed by atoms with Crippen molar-refractivity contribution >= 4 is 29.3 Å². The lowest BCUT2D eigenvalue weighted by Gasteiger charge is -2.11. The summed E-state index contributed by atoms with van der Waals surface area (Å²) in [4.78, 5) is 33.6. The first-order valence-corrected chi connectivity index (χ1v) is 9.94. The summed E-state index contributed by atoms with van der Waals surface area (Å²) >= 11 is 1.26. The first-order chi connectivity index (χ1) is 13.7. The molecular weight excluding hydrogens is 390 g/mol. The quantitative estimate of drug-likeness (QED) is 0.307. The fourth-order valence-corrected chi connectivity index (χ4v) is 2.94. The minimum Gasteiger partial charge on any atom is -0.484 e. The molecule has 2 aromatic rings. The monoisotopic (exact) mass is 415 g/mol. The summed E-state index contributed by atoms with van der Waals surface area (Å²) in [6.07, 6.45) is 0. The topological polar surface area (TPSA) is 96.8 Å². The highest BCUT2D eigenvalue weighted by molar-refractivity contribution is 7.99. The minimum atomic E-state index is -0.237. The average molecular weight is 416 g/mol. The Morgan fingerprint density at radius 3 is 2.34 bits per heavy atom. The van der Waals surface area contributed by atoms with E-state index in [9.17, 15) is 9.59 Å². The summed E-state index contributed by atoms with van der Waals surface area (Å²) in [7, 11) is 3.35. The summed E-state index contributed by atoms with van der Waals surface area (Å²) in [5.74, 6) is 0.412. The van der Waals surface area contributed by atoms with E-state index in [1.54, 1.807) is 33.2 Å². The summed E-state index contributed by atoms with van der Waals surface area (Å²) < 4.78 is 5.44. The molecule has 154 valence electrons. The number of hydrogen-bond donors (Lipinski definition) is 1. The third-order valence-corrected chi connectivity index (χ3v) is 4.62. The van der Waals surface area contributed by atoms with Gasteiger partial charge in [-0.1, -0.05) is 11.8 Å². The van der Waals surface area contributed by atoms with Crippen LogP contribution in [0, 0.1) is 13.8 Å². The van der Waals surface area contributed by atoms with E-state index >= 15 is 0 Å². The number of aromatic nitrogens is 2.